The maximum Gasteiger partial charge on any atom is 0.306 e. The molecule has 6 rings (SSSR count). The predicted molar refractivity (Wildman–Crippen MR) is 226 cm³/mol. The summed E-state index contributed by atoms with van der Waals surface area (Å²) in [4.78, 5) is 31.3. The van der Waals surface area contributed by atoms with Crippen molar-refractivity contribution in [1.82, 2.24) is 4.90 Å². The number of rotatable bonds is 15. The Morgan fingerprint density at radius 3 is 2.32 bits per heavy atom. The van der Waals surface area contributed by atoms with Gasteiger partial charge < -0.3 is 42.8 Å². The Labute approximate surface area is 353 Å². The lowest BCUT2D eigenvalue weighted by Gasteiger charge is -2.40. The first-order valence-electron chi connectivity index (χ1n) is 22.4. The van der Waals surface area contributed by atoms with Crippen molar-refractivity contribution in [3.63, 3.8) is 0 Å². The smallest absolute Gasteiger partial charge is 0.306 e. The fourth-order valence-electron chi connectivity index (χ4n) is 10.7. The Morgan fingerprint density at radius 1 is 0.898 bits per heavy atom. The zero-order valence-electron chi connectivity index (χ0n) is 37.4. The van der Waals surface area contributed by atoms with Gasteiger partial charge in [-0.05, 0) is 127 Å². The van der Waals surface area contributed by atoms with E-state index in [9.17, 15) is 4.79 Å². The van der Waals surface area contributed by atoms with Crippen molar-refractivity contribution in [3.05, 3.63) is 53.6 Å². The van der Waals surface area contributed by atoms with Gasteiger partial charge in [-0.2, -0.15) is 0 Å². The summed E-state index contributed by atoms with van der Waals surface area (Å²) >= 11 is 0. The van der Waals surface area contributed by atoms with Crippen molar-refractivity contribution in [1.29, 1.82) is 0 Å². The van der Waals surface area contributed by atoms with Crippen LogP contribution >= 0.6 is 0 Å². The summed E-state index contributed by atoms with van der Waals surface area (Å²) in [5.74, 6) is -0.548. The zero-order valence-corrected chi connectivity index (χ0v) is 37.4. The average Bonchev–Trinajstić information content (AvgIpc) is 3.81. The molecule has 1 saturated carbocycles. The number of allylic oxidation sites excluding steroid dienone is 4. The van der Waals surface area contributed by atoms with Crippen molar-refractivity contribution in [2.24, 2.45) is 35.5 Å². The van der Waals surface area contributed by atoms with Crippen molar-refractivity contribution in [2.75, 3.05) is 42.0 Å². The van der Waals surface area contributed by atoms with Gasteiger partial charge in [0.2, 0.25) is 0 Å². The third-order valence-corrected chi connectivity index (χ3v) is 14.2. The van der Waals surface area contributed by atoms with Crippen LogP contribution in [0.4, 0.5) is 0 Å². The molecule has 2 aliphatic heterocycles. The van der Waals surface area contributed by atoms with E-state index in [0.717, 1.165) is 56.1 Å². The molecule has 5 unspecified atom stereocenters. The van der Waals surface area contributed by atoms with Crippen molar-refractivity contribution >= 4 is 17.3 Å². The number of esters is 1. The van der Waals surface area contributed by atoms with Gasteiger partial charge in [0.25, 0.3) is 0 Å². The fraction of sp³-hybridized carbons (Fsp3) is 0.750. The summed E-state index contributed by atoms with van der Waals surface area (Å²) in [6, 6.07) is 10.8. The van der Waals surface area contributed by atoms with Gasteiger partial charge in [-0.3, -0.25) is 9.59 Å². The molecule has 0 N–H and O–H groups in total. The average molecular weight is 824 g/mol. The van der Waals surface area contributed by atoms with E-state index in [1.807, 2.05) is 26.8 Å². The summed E-state index contributed by atoms with van der Waals surface area (Å²) in [5.41, 5.74) is 3.06. The maximum absolute atomic E-state index is 15.1. The first kappa shape index (κ1) is 46.0. The number of benzene rings is 1. The van der Waals surface area contributed by atoms with Crippen LogP contribution in [0.1, 0.15) is 98.0 Å². The number of nitrogens with zero attached hydrogens (tertiary/aromatic N) is 1. The topological polar surface area (TPSA) is 111 Å². The molecule has 0 amide bonds. The Morgan fingerprint density at radius 2 is 1.66 bits per heavy atom. The fourth-order valence-corrected chi connectivity index (χ4v) is 10.7. The largest absolute Gasteiger partial charge is 0.462 e. The van der Waals surface area contributed by atoms with Crippen LogP contribution in [0.2, 0.25) is 0 Å². The quantitative estimate of drug-likeness (QED) is 0.129. The Balaban J connectivity index is 1.33. The molecule has 0 bridgehead atoms. The van der Waals surface area contributed by atoms with Crippen LogP contribution < -0.4 is 0 Å². The van der Waals surface area contributed by atoms with Gasteiger partial charge in [0, 0.05) is 39.2 Å². The Hall–Kier alpha value is -2.48. The molecule has 0 spiro atoms. The molecule has 0 aromatic heterocycles. The number of likely N-dealkylation sites (N-methyl/N-ethyl adjacent to an activating group) is 1. The Bertz CT molecular complexity index is 1580. The highest BCUT2D eigenvalue weighted by Gasteiger charge is 2.53. The molecule has 59 heavy (non-hydrogen) atoms. The molecule has 0 radical (unpaired) electrons. The lowest BCUT2D eigenvalue weighted by molar-refractivity contribution is -0.255. The lowest BCUT2D eigenvalue weighted by Crippen LogP contribution is -2.47. The highest BCUT2D eigenvalue weighted by molar-refractivity contribution is 5.99. The van der Waals surface area contributed by atoms with Crippen LogP contribution in [-0.2, 0) is 47.5 Å². The molecule has 5 aliphatic rings. The number of hydrogen-bond donors (Lipinski definition) is 0. The molecule has 3 aliphatic carbocycles. The first-order valence-corrected chi connectivity index (χ1v) is 22.4. The second kappa shape index (κ2) is 21.1. The number of ketones is 1. The van der Waals surface area contributed by atoms with E-state index < -0.39 is 18.3 Å². The van der Waals surface area contributed by atoms with Crippen molar-refractivity contribution < 1.29 is 47.5 Å². The number of hydrogen-bond acceptors (Lipinski definition) is 11. The van der Waals surface area contributed by atoms with Gasteiger partial charge in [-0.25, -0.2) is 0 Å². The van der Waals surface area contributed by atoms with Crippen LogP contribution in [0.3, 0.4) is 0 Å². The molecule has 2 heterocycles. The number of fused-ring (bicyclic) bond motifs is 5. The van der Waals surface area contributed by atoms with Gasteiger partial charge in [-0.15, -0.1) is 0 Å². The molecular formula is C48H73NO10. The lowest BCUT2D eigenvalue weighted by atomic mass is 9.65. The van der Waals surface area contributed by atoms with E-state index in [1.165, 1.54) is 5.57 Å². The zero-order chi connectivity index (χ0) is 42.4. The van der Waals surface area contributed by atoms with Gasteiger partial charge in [-0.1, -0.05) is 56.3 Å². The van der Waals surface area contributed by atoms with Crippen LogP contribution in [-0.4, -0.2) is 120 Å². The number of cyclic esters (lactones) is 1. The van der Waals surface area contributed by atoms with E-state index in [1.54, 1.807) is 21.3 Å². The Kier molecular flexibility index (Phi) is 16.4. The minimum Gasteiger partial charge on any atom is -0.462 e. The standard InChI is InChI=1S/C48H73NO10/c1-11-34-18-15-19-42(59-45-21-20-41(49(6)7)31(5)55-45)28(2)47(51)40-25-38-36-24-35(58-48(43(54-10)27-52-8)56-30(4)29(3)53-9)22-33(36)23-37(32-16-13-12-14-17-32)46(38)39(40)26-44(50)57-34/h12-14,16-17,23,25,28-31,33-36,38-39,41-43,45-46,48H,11,15,18-22,24,26-27H2,1-10H3/t28-,29-,30?,31?,33?,34+,35-,36-,38+,39-,41+,42+,43+,45+,46?,48?/m1/s1. The summed E-state index contributed by atoms with van der Waals surface area (Å²) in [7, 11) is 9.16. The summed E-state index contributed by atoms with van der Waals surface area (Å²) < 4.78 is 49.8. The van der Waals surface area contributed by atoms with E-state index >= 15 is 4.79 Å². The molecule has 2 saturated heterocycles. The predicted octanol–water partition coefficient (Wildman–Crippen LogP) is 7.65. The second-order valence-corrected chi connectivity index (χ2v) is 18.1. The van der Waals surface area contributed by atoms with Gasteiger partial charge in [0.05, 0.1) is 43.5 Å². The van der Waals surface area contributed by atoms with Gasteiger partial charge >= 0.3 is 5.97 Å². The number of Topliss-reactive ketones (excluding diaryl/α,β-unsaturated/α-hetero) is 1. The third kappa shape index (κ3) is 10.8. The highest BCUT2D eigenvalue weighted by Crippen LogP contribution is 2.58. The molecule has 11 nitrogen and oxygen atoms in total. The van der Waals surface area contributed by atoms with Crippen LogP contribution in [0.5, 0.6) is 0 Å². The minimum absolute atomic E-state index is 0.0183. The highest BCUT2D eigenvalue weighted by atomic mass is 16.7. The second-order valence-electron chi connectivity index (χ2n) is 18.1. The molecule has 1 aromatic carbocycles. The van der Waals surface area contributed by atoms with Crippen LogP contribution in [0.15, 0.2) is 48.1 Å². The summed E-state index contributed by atoms with van der Waals surface area (Å²) in [6.45, 7) is 10.5. The van der Waals surface area contributed by atoms with Crippen molar-refractivity contribution in [3.8, 4) is 0 Å². The minimum atomic E-state index is -0.673. The number of carbonyl (C=O) groups excluding carboxylic acids is 2. The van der Waals surface area contributed by atoms with Gasteiger partial charge in [0.1, 0.15) is 12.2 Å². The normalized spacial score (nSPS) is 36.2. The molecule has 1 aromatic rings. The van der Waals surface area contributed by atoms with E-state index in [2.05, 4.69) is 69.3 Å². The van der Waals surface area contributed by atoms with Crippen molar-refractivity contribution in [2.45, 2.75) is 154 Å². The molecule has 11 heteroatoms. The maximum atomic E-state index is 15.1. The first-order chi connectivity index (χ1) is 28.4. The monoisotopic (exact) mass is 824 g/mol. The van der Waals surface area contributed by atoms with E-state index in [0.29, 0.717) is 19.1 Å². The van der Waals surface area contributed by atoms with Crippen LogP contribution in [0.25, 0.3) is 5.57 Å². The summed E-state index contributed by atoms with van der Waals surface area (Å²) in [6.07, 6.45) is 8.61. The molecule has 330 valence electrons. The van der Waals surface area contributed by atoms with Gasteiger partial charge in [0.15, 0.2) is 18.4 Å². The molecule has 3 fully saturated rings. The number of ether oxygens (including phenoxy) is 8. The number of carbonyl (C=O) groups is 2. The van der Waals surface area contributed by atoms with Crippen LogP contribution in [0, 0.1) is 35.5 Å². The van der Waals surface area contributed by atoms with E-state index in [4.69, 9.17) is 37.9 Å². The summed E-state index contributed by atoms with van der Waals surface area (Å²) in [5, 5.41) is 0. The number of methoxy groups -OCH3 is 3. The SMILES string of the molecule is CC[C@H]1CCC[C@H](O[C@H]2CC[C@H](N(C)C)C(C)O2)[C@@H](C)C(=O)C2=C[C@@H]3C(C(c4ccccc4)=CC4C[C@@H](OC(OC(C)[C@@H](C)OC)[C@H](COC)OC)C[C@H]43)[C@@H]2CC(=O)O1. The van der Waals surface area contributed by atoms with E-state index in [-0.39, 0.29) is 90.7 Å². The molecular weight excluding hydrogens is 751 g/mol. The molecule has 16 atom stereocenters. The third-order valence-electron chi connectivity index (χ3n) is 14.2.